The second kappa shape index (κ2) is 11.3. The number of anilines is 2. The van der Waals surface area contributed by atoms with Gasteiger partial charge in [0.25, 0.3) is 0 Å². The molecule has 2 saturated heterocycles. The first kappa shape index (κ1) is 23.9. The lowest BCUT2D eigenvalue weighted by Crippen LogP contribution is -2.39. The van der Waals surface area contributed by atoms with Crippen molar-refractivity contribution in [2.24, 2.45) is 5.92 Å². The number of hydrogen-bond donors (Lipinski definition) is 3. The van der Waals surface area contributed by atoms with E-state index in [4.69, 9.17) is 16.3 Å². The molecule has 0 unspecified atom stereocenters. The Balaban J connectivity index is 1.19. The van der Waals surface area contributed by atoms with E-state index in [9.17, 15) is 5.11 Å². The standard InChI is InChI=1S/C27H37ClN4O2/c28-26-17-30-27(31-21-4-6-23(7-5-21)32-11-8-24(33)18-32)15-25(26)20-2-1-3-22(14-20)29-16-19-9-12-34-13-10-19/h1-3,14-15,17,19,21,23-24,29,33H,4-13,16,18H2,(H,30,31)/t21?,23?,24-/m0/s1. The number of ether oxygens (including phenoxy) is 1. The van der Waals surface area contributed by atoms with E-state index < -0.39 is 0 Å². The number of nitrogens with one attached hydrogen (secondary N) is 2. The molecule has 1 atom stereocenters. The van der Waals surface area contributed by atoms with Crippen LogP contribution in [-0.4, -0.2) is 66.0 Å². The second-order valence-electron chi connectivity index (χ2n) is 10.2. The predicted molar refractivity (Wildman–Crippen MR) is 139 cm³/mol. The Bertz CT molecular complexity index is 944. The Morgan fingerprint density at radius 1 is 1.06 bits per heavy atom. The molecule has 6 nitrogen and oxygen atoms in total. The molecular weight excluding hydrogens is 448 g/mol. The lowest BCUT2D eigenvalue weighted by molar-refractivity contribution is 0.0699. The van der Waals surface area contributed by atoms with Crippen molar-refractivity contribution in [2.75, 3.05) is 43.5 Å². The van der Waals surface area contributed by atoms with Crippen molar-refractivity contribution < 1.29 is 9.84 Å². The molecule has 5 rings (SSSR count). The lowest BCUT2D eigenvalue weighted by atomic mass is 9.90. The van der Waals surface area contributed by atoms with Gasteiger partial charge in [-0.05, 0) is 74.6 Å². The average molecular weight is 485 g/mol. The third-order valence-electron chi connectivity index (χ3n) is 7.72. The normalized spacial score (nSPS) is 26.5. The first-order valence-corrected chi connectivity index (χ1v) is 13.3. The maximum absolute atomic E-state index is 9.84. The van der Waals surface area contributed by atoms with Crippen LogP contribution in [0.2, 0.25) is 5.02 Å². The molecule has 1 aromatic heterocycles. The molecule has 1 saturated carbocycles. The molecule has 0 radical (unpaired) electrons. The number of aliphatic hydroxyl groups excluding tert-OH is 1. The lowest BCUT2D eigenvalue weighted by Gasteiger charge is -2.35. The number of benzene rings is 1. The summed E-state index contributed by atoms with van der Waals surface area (Å²) in [5.74, 6) is 1.56. The summed E-state index contributed by atoms with van der Waals surface area (Å²) in [6.07, 6.45) is 9.39. The average Bonchev–Trinajstić information content (AvgIpc) is 3.31. The van der Waals surface area contributed by atoms with Gasteiger partial charge in [0.05, 0.1) is 11.1 Å². The maximum Gasteiger partial charge on any atom is 0.126 e. The predicted octanol–water partition coefficient (Wildman–Crippen LogP) is 5.03. The summed E-state index contributed by atoms with van der Waals surface area (Å²) in [6.45, 7) is 4.60. The molecule has 0 spiro atoms. The number of pyridine rings is 1. The van der Waals surface area contributed by atoms with Crippen LogP contribution in [0, 0.1) is 5.92 Å². The van der Waals surface area contributed by atoms with E-state index in [0.717, 1.165) is 87.6 Å². The Labute approximate surface area is 208 Å². The largest absolute Gasteiger partial charge is 0.392 e. The van der Waals surface area contributed by atoms with Crippen LogP contribution in [0.5, 0.6) is 0 Å². The number of halogens is 1. The summed E-state index contributed by atoms with van der Waals surface area (Å²) < 4.78 is 5.47. The highest BCUT2D eigenvalue weighted by atomic mass is 35.5. The summed E-state index contributed by atoms with van der Waals surface area (Å²) in [5.41, 5.74) is 3.23. The summed E-state index contributed by atoms with van der Waals surface area (Å²) in [7, 11) is 0. The molecular formula is C27H37ClN4O2. The number of rotatable bonds is 7. The highest BCUT2D eigenvalue weighted by Gasteiger charge is 2.30. The van der Waals surface area contributed by atoms with E-state index in [1.165, 1.54) is 12.8 Å². The summed E-state index contributed by atoms with van der Waals surface area (Å²) >= 11 is 6.58. The van der Waals surface area contributed by atoms with Crippen molar-refractivity contribution in [3.05, 3.63) is 41.6 Å². The van der Waals surface area contributed by atoms with Crippen molar-refractivity contribution in [1.29, 1.82) is 0 Å². The minimum absolute atomic E-state index is 0.136. The number of likely N-dealkylation sites (tertiary alicyclic amines) is 1. The van der Waals surface area contributed by atoms with Crippen LogP contribution in [0.1, 0.15) is 44.9 Å². The van der Waals surface area contributed by atoms with Crippen molar-refractivity contribution >= 4 is 23.1 Å². The van der Waals surface area contributed by atoms with Gasteiger partial charge in [0, 0.05) is 62.4 Å². The zero-order chi connectivity index (χ0) is 23.3. The number of aromatic nitrogens is 1. The van der Waals surface area contributed by atoms with Crippen LogP contribution < -0.4 is 10.6 Å². The zero-order valence-corrected chi connectivity index (χ0v) is 20.6. The Hall–Kier alpha value is -1.86. The second-order valence-corrected chi connectivity index (χ2v) is 10.6. The van der Waals surface area contributed by atoms with Crippen LogP contribution in [0.4, 0.5) is 11.5 Å². The SMILES string of the molecule is O[C@H]1CCN(C2CCC(Nc3cc(-c4cccc(NCC5CCOCC5)c4)c(Cl)cn3)CC2)C1. The van der Waals surface area contributed by atoms with Gasteiger partial charge in [-0.1, -0.05) is 23.7 Å². The van der Waals surface area contributed by atoms with E-state index in [2.05, 4.69) is 50.8 Å². The van der Waals surface area contributed by atoms with E-state index >= 15 is 0 Å². The van der Waals surface area contributed by atoms with Gasteiger partial charge in [-0.2, -0.15) is 0 Å². The van der Waals surface area contributed by atoms with Gasteiger partial charge < -0.3 is 20.5 Å². The van der Waals surface area contributed by atoms with Crippen LogP contribution in [0.3, 0.4) is 0 Å². The quantitative estimate of drug-likeness (QED) is 0.512. The number of aliphatic hydroxyl groups is 1. The molecule has 0 bridgehead atoms. The van der Waals surface area contributed by atoms with Crippen LogP contribution in [0.25, 0.3) is 11.1 Å². The third kappa shape index (κ3) is 6.03. The van der Waals surface area contributed by atoms with E-state index in [1.54, 1.807) is 6.20 Å². The van der Waals surface area contributed by atoms with E-state index in [0.29, 0.717) is 23.0 Å². The summed E-state index contributed by atoms with van der Waals surface area (Å²) in [4.78, 5) is 7.05. The Morgan fingerprint density at radius 2 is 1.88 bits per heavy atom. The smallest absolute Gasteiger partial charge is 0.126 e. The fourth-order valence-electron chi connectivity index (χ4n) is 5.64. The first-order valence-electron chi connectivity index (χ1n) is 12.9. The van der Waals surface area contributed by atoms with Gasteiger partial charge in [0.15, 0.2) is 0 Å². The highest BCUT2D eigenvalue weighted by molar-refractivity contribution is 6.33. The number of β-amino-alcohol motifs (C(OH)–C–C–N with tert-alkyl or cyclic N) is 1. The monoisotopic (exact) mass is 484 g/mol. The summed E-state index contributed by atoms with van der Waals surface area (Å²) in [5, 5.41) is 17.8. The molecule has 0 amide bonds. The van der Waals surface area contributed by atoms with Crippen molar-refractivity contribution in [3.8, 4) is 11.1 Å². The molecule has 3 N–H and O–H groups in total. The van der Waals surface area contributed by atoms with Gasteiger partial charge in [-0.15, -0.1) is 0 Å². The van der Waals surface area contributed by atoms with Gasteiger partial charge in [0.2, 0.25) is 0 Å². The molecule has 1 aromatic carbocycles. The van der Waals surface area contributed by atoms with E-state index in [-0.39, 0.29) is 6.10 Å². The van der Waals surface area contributed by atoms with Crippen molar-refractivity contribution in [2.45, 2.75) is 63.1 Å². The molecule has 7 heteroatoms. The summed E-state index contributed by atoms with van der Waals surface area (Å²) in [6, 6.07) is 11.6. The van der Waals surface area contributed by atoms with Gasteiger partial charge in [-0.3, -0.25) is 4.90 Å². The minimum Gasteiger partial charge on any atom is -0.392 e. The third-order valence-corrected chi connectivity index (χ3v) is 8.03. The topological polar surface area (TPSA) is 69.7 Å². The Kier molecular flexibility index (Phi) is 7.90. The van der Waals surface area contributed by atoms with Crippen LogP contribution in [0.15, 0.2) is 36.5 Å². The molecule has 3 aliphatic rings. The highest BCUT2D eigenvalue weighted by Crippen LogP contribution is 2.33. The molecule has 2 aromatic rings. The first-order chi connectivity index (χ1) is 16.6. The molecule has 3 fully saturated rings. The van der Waals surface area contributed by atoms with Crippen molar-refractivity contribution in [3.63, 3.8) is 0 Å². The van der Waals surface area contributed by atoms with Crippen molar-refractivity contribution in [1.82, 2.24) is 9.88 Å². The van der Waals surface area contributed by atoms with Crippen LogP contribution in [-0.2, 0) is 4.74 Å². The fourth-order valence-corrected chi connectivity index (χ4v) is 5.85. The van der Waals surface area contributed by atoms with Crippen LogP contribution >= 0.6 is 11.6 Å². The maximum atomic E-state index is 9.84. The molecule has 34 heavy (non-hydrogen) atoms. The van der Waals surface area contributed by atoms with Gasteiger partial charge in [0.1, 0.15) is 5.82 Å². The Morgan fingerprint density at radius 3 is 2.65 bits per heavy atom. The van der Waals surface area contributed by atoms with Gasteiger partial charge >= 0.3 is 0 Å². The molecule has 3 heterocycles. The minimum atomic E-state index is -0.136. The molecule has 1 aliphatic carbocycles. The molecule has 2 aliphatic heterocycles. The zero-order valence-electron chi connectivity index (χ0n) is 19.9. The number of nitrogens with zero attached hydrogens (tertiary/aromatic N) is 2. The number of hydrogen-bond acceptors (Lipinski definition) is 6. The fraction of sp³-hybridized carbons (Fsp3) is 0.593. The van der Waals surface area contributed by atoms with E-state index in [1.807, 2.05) is 0 Å². The molecule has 184 valence electrons. The van der Waals surface area contributed by atoms with Gasteiger partial charge in [-0.25, -0.2) is 4.98 Å².